The number of ether oxygens (including phenoxy) is 1. The molecule has 4 rings (SSSR count). The van der Waals surface area contributed by atoms with E-state index < -0.39 is 17.2 Å². The van der Waals surface area contributed by atoms with Gasteiger partial charge in [0.1, 0.15) is 0 Å². The molecule has 0 aliphatic carbocycles. The van der Waals surface area contributed by atoms with Gasteiger partial charge >= 0.3 is 12.1 Å². The van der Waals surface area contributed by atoms with Gasteiger partial charge in [-0.05, 0) is 56.2 Å². The van der Waals surface area contributed by atoms with E-state index in [4.69, 9.17) is 4.74 Å². The van der Waals surface area contributed by atoms with Gasteiger partial charge in [-0.15, -0.1) is 0 Å². The zero-order valence-electron chi connectivity index (χ0n) is 16.4. The summed E-state index contributed by atoms with van der Waals surface area (Å²) in [4.78, 5) is 16.7. The van der Waals surface area contributed by atoms with Crippen LogP contribution in [0.3, 0.4) is 0 Å². The third-order valence-corrected chi connectivity index (χ3v) is 6.09. The summed E-state index contributed by atoms with van der Waals surface area (Å²) in [6.07, 6.45) is -3.03. The molecule has 4 nitrogen and oxygen atoms in total. The Labute approximate surface area is 167 Å². The second-order valence-corrected chi connectivity index (χ2v) is 8.00. The van der Waals surface area contributed by atoms with E-state index in [9.17, 15) is 18.0 Å². The van der Waals surface area contributed by atoms with Crippen molar-refractivity contribution in [1.29, 1.82) is 0 Å². The maximum absolute atomic E-state index is 13.0. The van der Waals surface area contributed by atoms with Crippen molar-refractivity contribution in [3.63, 3.8) is 0 Å². The van der Waals surface area contributed by atoms with Gasteiger partial charge in [-0.3, -0.25) is 4.79 Å². The number of carbonyl (C=O) groups excluding carboxylic acids is 1. The number of fused-ring (bicyclic) bond motifs is 3. The first-order chi connectivity index (χ1) is 13.7. The van der Waals surface area contributed by atoms with Crippen molar-refractivity contribution >= 4 is 23.0 Å². The summed E-state index contributed by atoms with van der Waals surface area (Å²) in [5, 5.41) is 0. The molecule has 2 aromatic carbocycles. The van der Waals surface area contributed by atoms with Crippen LogP contribution in [0, 0.1) is 5.41 Å². The van der Waals surface area contributed by atoms with Crippen LogP contribution in [0.5, 0.6) is 0 Å². The van der Waals surface area contributed by atoms with Gasteiger partial charge in [0.25, 0.3) is 0 Å². The number of hydrogen-bond donors (Lipinski definition) is 0. The van der Waals surface area contributed by atoms with Gasteiger partial charge in [0.05, 0.1) is 29.5 Å². The SMILES string of the molecule is COC(=O)C1(C)CCN2c3ccccc3N(c3ccc(C(F)(F)F)cc3)CC2C1. The number of carbonyl (C=O) groups is 1. The second-order valence-electron chi connectivity index (χ2n) is 8.00. The Bertz CT molecular complexity index is 913. The van der Waals surface area contributed by atoms with E-state index in [0.29, 0.717) is 25.1 Å². The lowest BCUT2D eigenvalue weighted by molar-refractivity contribution is -0.153. The number of alkyl halides is 3. The third kappa shape index (κ3) is 3.43. The summed E-state index contributed by atoms with van der Waals surface area (Å²) in [7, 11) is 1.41. The Morgan fingerprint density at radius 3 is 2.38 bits per heavy atom. The fraction of sp³-hybridized carbons (Fsp3) is 0.409. The fourth-order valence-corrected chi connectivity index (χ4v) is 4.51. The van der Waals surface area contributed by atoms with Crippen molar-refractivity contribution in [3.8, 4) is 0 Å². The first kappa shape index (κ1) is 19.6. The second kappa shape index (κ2) is 6.97. The average molecular weight is 404 g/mol. The molecular weight excluding hydrogens is 381 g/mol. The molecule has 0 amide bonds. The van der Waals surface area contributed by atoms with Crippen LogP contribution in [0.2, 0.25) is 0 Å². The lowest BCUT2D eigenvalue weighted by atomic mass is 9.76. The number of methoxy groups -OCH3 is 1. The highest BCUT2D eigenvalue weighted by molar-refractivity contribution is 5.82. The van der Waals surface area contributed by atoms with E-state index >= 15 is 0 Å². The number of piperidine rings is 1. The summed E-state index contributed by atoms with van der Waals surface area (Å²) in [5.74, 6) is -0.211. The smallest absolute Gasteiger partial charge is 0.416 e. The zero-order chi connectivity index (χ0) is 20.8. The fourth-order valence-electron chi connectivity index (χ4n) is 4.51. The van der Waals surface area contributed by atoms with Crippen molar-refractivity contribution in [2.24, 2.45) is 5.41 Å². The van der Waals surface area contributed by atoms with E-state index in [1.54, 1.807) is 0 Å². The number of benzene rings is 2. The van der Waals surface area contributed by atoms with Crippen molar-refractivity contribution < 1.29 is 22.7 Å². The molecule has 0 saturated carbocycles. The molecule has 2 unspecified atom stereocenters. The van der Waals surface area contributed by atoms with Crippen molar-refractivity contribution in [3.05, 3.63) is 54.1 Å². The molecule has 1 fully saturated rings. The predicted molar refractivity (Wildman–Crippen MR) is 105 cm³/mol. The number of esters is 1. The molecule has 0 radical (unpaired) electrons. The molecule has 2 atom stereocenters. The first-order valence-electron chi connectivity index (χ1n) is 9.62. The van der Waals surface area contributed by atoms with E-state index in [0.717, 1.165) is 30.1 Å². The maximum Gasteiger partial charge on any atom is 0.416 e. The lowest BCUT2D eigenvalue weighted by Gasteiger charge is -2.50. The van der Waals surface area contributed by atoms with Gasteiger partial charge in [0.2, 0.25) is 0 Å². The van der Waals surface area contributed by atoms with Crippen molar-refractivity contribution in [1.82, 2.24) is 0 Å². The standard InChI is InChI=1S/C22H23F3N2O2/c1-21(20(28)29-2)11-12-26-17(13-21)14-27(19-6-4-3-5-18(19)26)16-9-7-15(8-10-16)22(23,24)25/h3-10,17H,11-14H2,1-2H3. The van der Waals surface area contributed by atoms with Crippen LogP contribution in [0.15, 0.2) is 48.5 Å². The van der Waals surface area contributed by atoms with E-state index in [1.165, 1.54) is 19.2 Å². The molecule has 2 heterocycles. The summed E-state index contributed by atoms with van der Waals surface area (Å²) in [6.45, 7) is 3.25. The van der Waals surface area contributed by atoms with Crippen LogP contribution < -0.4 is 9.80 Å². The van der Waals surface area contributed by atoms with Crippen LogP contribution in [0.4, 0.5) is 30.2 Å². The zero-order valence-corrected chi connectivity index (χ0v) is 16.4. The predicted octanol–water partition coefficient (Wildman–Crippen LogP) is 5.01. The molecule has 0 bridgehead atoms. The minimum atomic E-state index is -4.36. The van der Waals surface area contributed by atoms with Gasteiger partial charge in [-0.25, -0.2) is 0 Å². The van der Waals surface area contributed by atoms with Gasteiger partial charge in [-0.1, -0.05) is 12.1 Å². The van der Waals surface area contributed by atoms with Crippen LogP contribution in [-0.2, 0) is 15.7 Å². The van der Waals surface area contributed by atoms with Gasteiger partial charge in [0.15, 0.2) is 0 Å². The van der Waals surface area contributed by atoms with Gasteiger partial charge in [-0.2, -0.15) is 13.2 Å². The number of anilines is 3. The van der Waals surface area contributed by atoms with Crippen LogP contribution in [0.1, 0.15) is 25.3 Å². The van der Waals surface area contributed by atoms with Crippen molar-refractivity contribution in [2.45, 2.75) is 32.0 Å². The highest BCUT2D eigenvalue weighted by Gasteiger charge is 2.45. The van der Waals surface area contributed by atoms with Gasteiger partial charge in [0, 0.05) is 24.8 Å². The van der Waals surface area contributed by atoms with E-state index in [2.05, 4.69) is 4.90 Å². The molecule has 0 aromatic heterocycles. The van der Waals surface area contributed by atoms with E-state index in [-0.39, 0.29) is 12.0 Å². The number of hydrogen-bond acceptors (Lipinski definition) is 4. The van der Waals surface area contributed by atoms with Crippen molar-refractivity contribution in [2.75, 3.05) is 30.0 Å². The van der Waals surface area contributed by atoms with Crippen LogP contribution >= 0.6 is 0 Å². The molecule has 2 aliphatic rings. The summed E-state index contributed by atoms with van der Waals surface area (Å²) >= 11 is 0. The van der Waals surface area contributed by atoms with Gasteiger partial charge < -0.3 is 14.5 Å². The molecular formula is C22H23F3N2O2. The Morgan fingerprint density at radius 2 is 1.76 bits per heavy atom. The van der Waals surface area contributed by atoms with Crippen LogP contribution in [-0.4, -0.2) is 32.2 Å². The molecule has 1 saturated heterocycles. The molecule has 0 spiro atoms. The highest BCUT2D eigenvalue weighted by atomic mass is 19.4. The number of para-hydroxylation sites is 2. The Morgan fingerprint density at radius 1 is 1.10 bits per heavy atom. The average Bonchev–Trinajstić information content (AvgIpc) is 2.71. The molecule has 29 heavy (non-hydrogen) atoms. The molecule has 2 aliphatic heterocycles. The monoisotopic (exact) mass is 404 g/mol. The van der Waals surface area contributed by atoms with Crippen LogP contribution in [0.25, 0.3) is 0 Å². The lowest BCUT2D eigenvalue weighted by Crippen LogP contribution is -2.55. The first-order valence-corrected chi connectivity index (χ1v) is 9.62. The summed E-state index contributed by atoms with van der Waals surface area (Å²) in [5.41, 5.74) is 1.48. The third-order valence-electron chi connectivity index (χ3n) is 6.09. The Hall–Kier alpha value is -2.70. The van der Waals surface area contributed by atoms with E-state index in [1.807, 2.05) is 36.1 Å². The summed E-state index contributed by atoms with van der Waals surface area (Å²) < 4.78 is 43.9. The quantitative estimate of drug-likeness (QED) is 0.659. The molecule has 154 valence electrons. The topological polar surface area (TPSA) is 32.8 Å². The largest absolute Gasteiger partial charge is 0.469 e. The Balaban J connectivity index is 1.69. The number of rotatable bonds is 2. The molecule has 7 heteroatoms. The normalized spacial score (nSPS) is 24.0. The minimum absolute atomic E-state index is 0.0602. The Kier molecular flexibility index (Phi) is 4.71. The minimum Gasteiger partial charge on any atom is -0.469 e. The number of nitrogens with zero attached hydrogens (tertiary/aromatic N) is 2. The molecule has 0 N–H and O–H groups in total. The molecule has 2 aromatic rings. The summed E-state index contributed by atoms with van der Waals surface area (Å²) in [6, 6.07) is 13.2. The number of halogens is 3. The maximum atomic E-state index is 13.0. The highest BCUT2D eigenvalue weighted by Crippen LogP contribution is 2.46.